The van der Waals surface area contributed by atoms with Crippen LogP contribution in [0.3, 0.4) is 0 Å². The van der Waals surface area contributed by atoms with E-state index in [-0.39, 0.29) is 0 Å². The molecular formula is C25H52. The molecule has 3 atom stereocenters. The fourth-order valence-electron chi connectivity index (χ4n) is 3.98. The lowest BCUT2D eigenvalue weighted by molar-refractivity contribution is 0.375. The minimum Gasteiger partial charge on any atom is -0.0628 e. The van der Waals surface area contributed by atoms with Crippen LogP contribution >= 0.6 is 0 Å². The summed E-state index contributed by atoms with van der Waals surface area (Å²) in [6, 6.07) is 0. The van der Waals surface area contributed by atoms with E-state index in [2.05, 4.69) is 48.5 Å². The van der Waals surface area contributed by atoms with Crippen molar-refractivity contribution in [1.82, 2.24) is 0 Å². The molecule has 0 amide bonds. The first kappa shape index (κ1) is 25.0. The van der Waals surface area contributed by atoms with E-state index in [4.69, 9.17) is 0 Å². The molecule has 0 aromatic rings. The smallest absolute Gasteiger partial charge is 0.0443 e. The molecule has 0 saturated carbocycles. The molecule has 0 bridgehead atoms. The summed E-state index contributed by atoms with van der Waals surface area (Å²) in [5.74, 6) is 4.59. The fraction of sp³-hybridized carbons (Fsp3) is 1.00. The van der Waals surface area contributed by atoms with Crippen LogP contribution in [0.1, 0.15) is 132 Å². The van der Waals surface area contributed by atoms with Crippen molar-refractivity contribution in [2.75, 3.05) is 0 Å². The van der Waals surface area contributed by atoms with Gasteiger partial charge in [-0.25, -0.2) is 0 Å². The molecule has 0 aliphatic heterocycles. The standard InChI is InChI=1S/C25H52/c1-21(2)13-10-17-23(5)15-8-9-16-24(6)19-12-20-25(7)18-11-14-22(3)4/h21-25H,8-20H2,1-7H3/t23-,24+,25-/m1/s1. The van der Waals surface area contributed by atoms with Crippen LogP contribution in [0.15, 0.2) is 0 Å². The van der Waals surface area contributed by atoms with Crippen molar-refractivity contribution >= 4 is 0 Å². The van der Waals surface area contributed by atoms with E-state index in [1.807, 2.05) is 0 Å². The molecule has 0 aromatic carbocycles. The highest BCUT2D eigenvalue weighted by Crippen LogP contribution is 2.23. The van der Waals surface area contributed by atoms with Gasteiger partial charge in [-0.05, 0) is 29.6 Å². The molecule has 0 saturated heterocycles. The van der Waals surface area contributed by atoms with Gasteiger partial charge in [-0.2, -0.15) is 0 Å². The third kappa shape index (κ3) is 18.6. The summed E-state index contributed by atoms with van der Waals surface area (Å²) in [7, 11) is 0. The average Bonchev–Trinajstić information content (AvgIpc) is 2.51. The molecule has 0 heterocycles. The Labute approximate surface area is 161 Å². The summed E-state index contributed by atoms with van der Waals surface area (Å²) < 4.78 is 0. The number of hydrogen-bond acceptors (Lipinski definition) is 0. The Hall–Kier alpha value is 0. The second kappa shape index (κ2) is 16.2. The minimum atomic E-state index is 0.880. The molecule has 0 heteroatoms. The quantitative estimate of drug-likeness (QED) is 0.229. The Kier molecular flexibility index (Phi) is 16.2. The van der Waals surface area contributed by atoms with E-state index in [0.29, 0.717) is 0 Å². The molecule has 0 unspecified atom stereocenters. The zero-order chi connectivity index (χ0) is 19.1. The molecule has 0 N–H and O–H groups in total. The average molecular weight is 353 g/mol. The third-order valence-corrected chi connectivity index (χ3v) is 5.99. The highest BCUT2D eigenvalue weighted by molar-refractivity contribution is 4.61. The van der Waals surface area contributed by atoms with Crippen LogP contribution in [-0.4, -0.2) is 0 Å². The van der Waals surface area contributed by atoms with Crippen LogP contribution < -0.4 is 0 Å². The lowest BCUT2D eigenvalue weighted by Gasteiger charge is -2.16. The fourth-order valence-corrected chi connectivity index (χ4v) is 3.98. The van der Waals surface area contributed by atoms with E-state index < -0.39 is 0 Å². The molecule has 0 nitrogen and oxygen atoms in total. The van der Waals surface area contributed by atoms with Gasteiger partial charge in [0.05, 0.1) is 0 Å². The second-order valence-corrected chi connectivity index (χ2v) is 10.2. The summed E-state index contributed by atoms with van der Waals surface area (Å²) in [5, 5.41) is 0. The SMILES string of the molecule is CC(C)CCC[C@H](C)CCCC[C@H](C)CCC[C@H](C)CCCC(C)C. The molecule has 0 fully saturated rings. The van der Waals surface area contributed by atoms with Crippen LogP contribution in [0.2, 0.25) is 0 Å². The summed E-state index contributed by atoms with van der Waals surface area (Å²) >= 11 is 0. The van der Waals surface area contributed by atoms with Crippen LogP contribution in [0.4, 0.5) is 0 Å². The Morgan fingerprint density at radius 1 is 0.320 bits per heavy atom. The maximum atomic E-state index is 2.48. The highest BCUT2D eigenvalue weighted by Gasteiger charge is 2.07. The van der Waals surface area contributed by atoms with Crippen LogP contribution in [-0.2, 0) is 0 Å². The van der Waals surface area contributed by atoms with Crippen LogP contribution in [0.25, 0.3) is 0 Å². The Bertz CT molecular complexity index is 265. The van der Waals surface area contributed by atoms with Crippen molar-refractivity contribution in [3.63, 3.8) is 0 Å². The van der Waals surface area contributed by atoms with Gasteiger partial charge in [0.1, 0.15) is 0 Å². The number of unbranched alkanes of at least 4 members (excludes halogenated alkanes) is 1. The van der Waals surface area contributed by atoms with E-state index in [1.54, 1.807) is 0 Å². The summed E-state index contributed by atoms with van der Waals surface area (Å²) in [6.07, 6.45) is 18.8. The van der Waals surface area contributed by atoms with Gasteiger partial charge in [0.25, 0.3) is 0 Å². The molecule has 0 aliphatic rings. The maximum Gasteiger partial charge on any atom is -0.0443 e. The summed E-state index contributed by atoms with van der Waals surface area (Å²) in [5.41, 5.74) is 0. The zero-order valence-corrected chi connectivity index (χ0v) is 19.1. The lowest BCUT2D eigenvalue weighted by atomic mass is 9.90. The summed E-state index contributed by atoms with van der Waals surface area (Å²) in [6.45, 7) is 16.8. The van der Waals surface area contributed by atoms with E-state index in [9.17, 15) is 0 Å². The minimum absolute atomic E-state index is 0.880. The molecule has 0 radical (unpaired) electrons. The maximum absolute atomic E-state index is 2.48. The van der Waals surface area contributed by atoms with Gasteiger partial charge in [-0.15, -0.1) is 0 Å². The molecule has 152 valence electrons. The largest absolute Gasteiger partial charge is 0.0628 e. The van der Waals surface area contributed by atoms with Crippen LogP contribution in [0.5, 0.6) is 0 Å². The molecular weight excluding hydrogens is 300 g/mol. The Morgan fingerprint density at radius 2 is 0.560 bits per heavy atom. The van der Waals surface area contributed by atoms with Crippen molar-refractivity contribution in [1.29, 1.82) is 0 Å². The van der Waals surface area contributed by atoms with Crippen molar-refractivity contribution < 1.29 is 0 Å². The van der Waals surface area contributed by atoms with Gasteiger partial charge in [0.15, 0.2) is 0 Å². The lowest BCUT2D eigenvalue weighted by Crippen LogP contribution is -2.01. The first-order valence-electron chi connectivity index (χ1n) is 11.8. The van der Waals surface area contributed by atoms with Crippen molar-refractivity contribution in [2.45, 2.75) is 132 Å². The first-order chi connectivity index (χ1) is 11.8. The summed E-state index contributed by atoms with van der Waals surface area (Å²) in [4.78, 5) is 0. The Balaban J connectivity index is 3.47. The van der Waals surface area contributed by atoms with Gasteiger partial charge in [0.2, 0.25) is 0 Å². The van der Waals surface area contributed by atoms with Gasteiger partial charge < -0.3 is 0 Å². The number of rotatable bonds is 17. The normalized spacial score (nSPS) is 15.7. The molecule has 0 spiro atoms. The Morgan fingerprint density at radius 3 is 0.840 bits per heavy atom. The molecule has 0 aromatic heterocycles. The van der Waals surface area contributed by atoms with Crippen molar-refractivity contribution in [2.24, 2.45) is 29.6 Å². The third-order valence-electron chi connectivity index (χ3n) is 5.99. The van der Waals surface area contributed by atoms with Gasteiger partial charge in [0, 0.05) is 0 Å². The predicted molar refractivity (Wildman–Crippen MR) is 117 cm³/mol. The second-order valence-electron chi connectivity index (χ2n) is 10.2. The first-order valence-corrected chi connectivity index (χ1v) is 11.8. The molecule has 0 aliphatic carbocycles. The van der Waals surface area contributed by atoms with Gasteiger partial charge in [-0.1, -0.05) is 132 Å². The van der Waals surface area contributed by atoms with Crippen LogP contribution in [0, 0.1) is 29.6 Å². The topological polar surface area (TPSA) is 0 Å². The zero-order valence-electron chi connectivity index (χ0n) is 19.1. The van der Waals surface area contributed by atoms with E-state index >= 15 is 0 Å². The highest BCUT2D eigenvalue weighted by atomic mass is 14.1. The van der Waals surface area contributed by atoms with Gasteiger partial charge in [-0.3, -0.25) is 0 Å². The van der Waals surface area contributed by atoms with E-state index in [0.717, 1.165) is 29.6 Å². The predicted octanol–water partition coefficient (Wildman–Crippen LogP) is 9.28. The van der Waals surface area contributed by atoms with Crippen molar-refractivity contribution in [3.8, 4) is 0 Å². The monoisotopic (exact) mass is 352 g/mol. The number of hydrogen-bond donors (Lipinski definition) is 0. The molecule has 0 rings (SSSR count). The van der Waals surface area contributed by atoms with E-state index in [1.165, 1.54) is 83.5 Å². The van der Waals surface area contributed by atoms with Gasteiger partial charge >= 0.3 is 0 Å². The molecule has 25 heavy (non-hydrogen) atoms. The van der Waals surface area contributed by atoms with Crippen molar-refractivity contribution in [3.05, 3.63) is 0 Å².